The molecule has 4 rings (SSSR count). The van der Waals surface area contributed by atoms with Gasteiger partial charge >= 0.3 is 6.18 Å². The van der Waals surface area contributed by atoms with Gasteiger partial charge in [0.05, 0.1) is 34.9 Å². The number of nitro benzene ring substituents is 1. The highest BCUT2D eigenvalue weighted by atomic mass is 32.1. The third-order valence-electron chi connectivity index (χ3n) is 7.44. The Morgan fingerprint density at radius 2 is 1.79 bits per heavy atom. The lowest BCUT2D eigenvalue weighted by Gasteiger charge is -2.33. The summed E-state index contributed by atoms with van der Waals surface area (Å²) in [5.74, 6) is -0.444. The third kappa shape index (κ3) is 9.60. The molecule has 0 bridgehead atoms. The van der Waals surface area contributed by atoms with Crippen LogP contribution in [0.25, 0.3) is 0 Å². The zero-order valence-electron chi connectivity index (χ0n) is 25.6. The lowest BCUT2D eigenvalue weighted by molar-refractivity contribution is -0.384. The van der Waals surface area contributed by atoms with E-state index in [1.54, 1.807) is 29.6 Å². The van der Waals surface area contributed by atoms with E-state index in [1.165, 1.54) is 42.5 Å². The van der Waals surface area contributed by atoms with E-state index in [9.17, 15) is 28.1 Å². The summed E-state index contributed by atoms with van der Waals surface area (Å²) < 4.78 is 43.5. The van der Waals surface area contributed by atoms with Crippen LogP contribution >= 0.6 is 12.2 Å². The highest BCUT2D eigenvalue weighted by Crippen LogP contribution is 2.32. The summed E-state index contributed by atoms with van der Waals surface area (Å²) in [6, 6.07) is 19.3. The summed E-state index contributed by atoms with van der Waals surface area (Å²) in [6.45, 7) is 4.06. The van der Waals surface area contributed by atoms with Crippen LogP contribution in [0.5, 0.6) is 0 Å². The van der Waals surface area contributed by atoms with Gasteiger partial charge in [-0.3, -0.25) is 14.9 Å². The number of nitro groups is 1. The Morgan fingerprint density at radius 3 is 2.40 bits per heavy atom. The first kappa shape index (κ1) is 34.6. The molecule has 14 heteroatoms. The predicted octanol–water partition coefficient (Wildman–Crippen LogP) is 6.31. The number of rotatable bonds is 12. The van der Waals surface area contributed by atoms with Gasteiger partial charge in [0.25, 0.3) is 5.69 Å². The molecule has 0 aliphatic heterocycles. The molecule has 10 nitrogen and oxygen atoms in total. The van der Waals surface area contributed by atoms with Crippen LogP contribution in [0.2, 0.25) is 0 Å². The molecule has 0 saturated heterocycles. The van der Waals surface area contributed by atoms with Crippen LogP contribution in [-0.2, 0) is 30.5 Å². The smallest absolute Gasteiger partial charge is 0.351 e. The Labute approximate surface area is 275 Å². The second-order valence-electron chi connectivity index (χ2n) is 11.2. The van der Waals surface area contributed by atoms with Crippen LogP contribution < -0.4 is 10.6 Å². The average molecular weight is 664 g/mol. The number of non-ortho nitro benzene ring substituents is 1. The lowest BCUT2D eigenvalue weighted by Crippen LogP contribution is -2.49. The van der Waals surface area contributed by atoms with Gasteiger partial charge in [-0.1, -0.05) is 44.2 Å². The van der Waals surface area contributed by atoms with E-state index in [0.29, 0.717) is 23.5 Å². The molecule has 2 N–H and O–H groups in total. The normalized spacial score (nSPS) is 11.9. The highest BCUT2D eigenvalue weighted by Gasteiger charge is 2.34. The molecule has 0 aliphatic carbocycles. The van der Waals surface area contributed by atoms with Gasteiger partial charge in [0.2, 0.25) is 5.91 Å². The standard InChI is InChI=1S/C33H32F3N7O3S/c1-22(2)30(40-31(44)15-28-17-38-21-42(28)18-24-9-7-23(16-37)8-10-24)20-41(19-25-5-3-4-6-29(25)33(34,35)36)32(47)39-26-11-13-27(14-12-26)43(45)46/h3-14,17,21-22,30H,15,18-20H2,1-2H3,(H,39,47)(H,40,44)/t30-/m1/s1. The minimum absolute atomic E-state index is 0.00188. The van der Waals surface area contributed by atoms with E-state index in [-0.39, 0.29) is 47.7 Å². The zero-order chi connectivity index (χ0) is 34.1. The molecule has 1 heterocycles. The Balaban J connectivity index is 1.52. The molecule has 1 atom stereocenters. The number of halogens is 3. The molecule has 0 radical (unpaired) electrons. The zero-order valence-corrected chi connectivity index (χ0v) is 26.4. The van der Waals surface area contributed by atoms with E-state index in [0.717, 1.165) is 11.6 Å². The fourth-order valence-corrected chi connectivity index (χ4v) is 5.09. The molecular weight excluding hydrogens is 631 g/mol. The van der Waals surface area contributed by atoms with E-state index in [4.69, 9.17) is 17.5 Å². The molecule has 0 aliphatic rings. The van der Waals surface area contributed by atoms with E-state index in [1.807, 2.05) is 30.5 Å². The van der Waals surface area contributed by atoms with Gasteiger partial charge in [0.15, 0.2) is 5.11 Å². The number of alkyl halides is 3. The van der Waals surface area contributed by atoms with E-state index >= 15 is 0 Å². The van der Waals surface area contributed by atoms with Crippen LogP contribution in [0.15, 0.2) is 85.3 Å². The van der Waals surface area contributed by atoms with Crippen molar-refractivity contribution in [2.45, 2.75) is 45.6 Å². The monoisotopic (exact) mass is 663 g/mol. The summed E-state index contributed by atoms with van der Waals surface area (Å²) in [5.41, 5.74) is 1.59. The fraction of sp³-hybridized carbons (Fsp3) is 0.273. The maximum atomic E-state index is 13.9. The van der Waals surface area contributed by atoms with Crippen molar-refractivity contribution >= 4 is 34.6 Å². The Bertz CT molecular complexity index is 1750. The average Bonchev–Trinajstić information content (AvgIpc) is 3.46. The first-order valence-electron chi connectivity index (χ1n) is 14.6. The number of nitrogens with zero attached hydrogens (tertiary/aromatic N) is 5. The summed E-state index contributed by atoms with van der Waals surface area (Å²) >= 11 is 5.64. The number of hydrogen-bond acceptors (Lipinski definition) is 6. The van der Waals surface area contributed by atoms with Crippen LogP contribution in [-0.4, -0.2) is 43.0 Å². The number of anilines is 1. The molecule has 1 aromatic heterocycles. The second kappa shape index (κ2) is 15.3. The van der Waals surface area contributed by atoms with Crippen LogP contribution in [0.4, 0.5) is 24.5 Å². The van der Waals surface area contributed by atoms with Crippen molar-refractivity contribution in [3.05, 3.63) is 123 Å². The van der Waals surface area contributed by atoms with Crippen molar-refractivity contribution in [3.63, 3.8) is 0 Å². The van der Waals surface area contributed by atoms with Gasteiger partial charge in [-0.15, -0.1) is 0 Å². The number of aromatic nitrogens is 2. The highest BCUT2D eigenvalue weighted by molar-refractivity contribution is 7.80. The van der Waals surface area contributed by atoms with Crippen LogP contribution in [0.3, 0.4) is 0 Å². The largest absolute Gasteiger partial charge is 0.416 e. The topological polar surface area (TPSA) is 129 Å². The van der Waals surface area contributed by atoms with Crippen LogP contribution in [0, 0.1) is 27.4 Å². The second-order valence-corrected chi connectivity index (χ2v) is 11.6. The maximum absolute atomic E-state index is 13.9. The van der Waals surface area contributed by atoms with Gasteiger partial charge in [-0.25, -0.2) is 4.98 Å². The van der Waals surface area contributed by atoms with Gasteiger partial charge < -0.3 is 20.1 Å². The van der Waals surface area contributed by atoms with E-state index in [2.05, 4.69) is 21.7 Å². The number of nitrogens with one attached hydrogen (secondary N) is 2. The number of nitriles is 1. The minimum Gasteiger partial charge on any atom is -0.351 e. The minimum atomic E-state index is -4.60. The Hall–Kier alpha value is -5.29. The molecule has 3 aromatic carbocycles. The fourth-order valence-electron chi connectivity index (χ4n) is 4.83. The molecule has 1 amide bonds. The molecule has 0 spiro atoms. The Morgan fingerprint density at radius 1 is 1.11 bits per heavy atom. The summed E-state index contributed by atoms with van der Waals surface area (Å²) in [4.78, 5) is 29.6. The molecule has 244 valence electrons. The number of hydrogen-bond donors (Lipinski definition) is 2. The molecule has 47 heavy (non-hydrogen) atoms. The van der Waals surface area contributed by atoms with Crippen molar-refractivity contribution in [2.24, 2.45) is 5.92 Å². The van der Waals surface area contributed by atoms with Gasteiger partial charge in [0.1, 0.15) is 0 Å². The van der Waals surface area contributed by atoms with Crippen molar-refractivity contribution in [3.8, 4) is 6.07 Å². The number of amides is 1. The summed E-state index contributed by atoms with van der Waals surface area (Å²) in [7, 11) is 0. The third-order valence-corrected chi connectivity index (χ3v) is 7.81. The number of carbonyl (C=O) groups is 1. The summed E-state index contributed by atoms with van der Waals surface area (Å²) in [5, 5.41) is 26.2. The Kier molecular flexibility index (Phi) is 11.3. The van der Waals surface area contributed by atoms with E-state index < -0.39 is 22.7 Å². The van der Waals surface area contributed by atoms with Crippen molar-refractivity contribution < 1.29 is 22.9 Å². The first-order valence-corrected chi connectivity index (χ1v) is 15.0. The molecule has 0 unspecified atom stereocenters. The SMILES string of the molecule is CC(C)[C@@H](CN(Cc1ccccc1C(F)(F)F)C(=S)Nc1ccc([N+](=O)[O-])cc1)NC(=O)Cc1cncn1Cc1ccc(C#N)cc1. The molecule has 0 fully saturated rings. The number of carbonyl (C=O) groups excluding carboxylic acids is 1. The number of benzene rings is 3. The van der Waals surface area contributed by atoms with Gasteiger partial charge in [-0.2, -0.15) is 18.4 Å². The molecule has 4 aromatic rings. The number of thiocarbonyl (C=S) groups is 1. The van der Waals surface area contributed by atoms with Gasteiger partial charge in [0, 0.05) is 55.4 Å². The van der Waals surface area contributed by atoms with Crippen molar-refractivity contribution in [1.29, 1.82) is 5.26 Å². The quantitative estimate of drug-likeness (QED) is 0.103. The predicted molar refractivity (Wildman–Crippen MR) is 174 cm³/mol. The van der Waals surface area contributed by atoms with Gasteiger partial charge in [-0.05, 0) is 59.6 Å². The maximum Gasteiger partial charge on any atom is 0.416 e. The van der Waals surface area contributed by atoms with Crippen molar-refractivity contribution in [1.82, 2.24) is 19.8 Å². The molecular formula is C33H32F3N7O3S. The number of imidazole rings is 1. The molecule has 0 saturated carbocycles. The first-order chi connectivity index (χ1) is 22.3. The van der Waals surface area contributed by atoms with Crippen molar-refractivity contribution in [2.75, 3.05) is 11.9 Å². The summed E-state index contributed by atoms with van der Waals surface area (Å²) in [6.07, 6.45) is -1.38. The van der Waals surface area contributed by atoms with Crippen LogP contribution in [0.1, 0.15) is 41.8 Å². The lowest BCUT2D eigenvalue weighted by atomic mass is 10.0.